The van der Waals surface area contributed by atoms with Crippen LogP contribution in [0.4, 0.5) is 0 Å². The van der Waals surface area contributed by atoms with Crippen molar-refractivity contribution < 1.29 is 0 Å². The lowest BCUT2D eigenvalue weighted by molar-refractivity contribution is 0.629. The average molecular weight is 358 g/mol. The van der Waals surface area contributed by atoms with Gasteiger partial charge in [-0.1, -0.05) is 37.9 Å². The molecule has 2 aromatic rings. The van der Waals surface area contributed by atoms with Gasteiger partial charge in [0, 0.05) is 26.9 Å². The zero-order valence-corrected chi connectivity index (χ0v) is 11.9. The van der Waals surface area contributed by atoms with Gasteiger partial charge in [-0.15, -0.1) is 0 Å². The molecule has 0 aliphatic heterocycles. The molecule has 0 saturated heterocycles. The Hall–Kier alpha value is -0.820. The Bertz CT molecular complexity index is 504. The monoisotopic (exact) mass is 356 g/mol. The van der Waals surface area contributed by atoms with Crippen LogP contribution in [0.2, 0.25) is 0 Å². The molecule has 1 atom stereocenters. The fraction of sp³-hybridized carbons (Fsp3) is 0.0909. The maximum Gasteiger partial charge on any atom is 0.115 e. The van der Waals surface area contributed by atoms with Gasteiger partial charge in [-0.05, 0) is 17.7 Å². The standard InChI is InChI=1S/C11H10Br2N4/c12-8-1-2-9(10(13)3-8)11(17-14)7-4-15-6-16-5-7/h1-6,11,17H,14H2. The molecule has 2 rings (SSSR count). The first kappa shape index (κ1) is 12.6. The Morgan fingerprint density at radius 3 is 2.47 bits per heavy atom. The van der Waals surface area contributed by atoms with Crippen molar-refractivity contribution in [3.05, 3.63) is 57.0 Å². The minimum absolute atomic E-state index is 0.140. The van der Waals surface area contributed by atoms with E-state index in [1.54, 1.807) is 12.4 Å². The quantitative estimate of drug-likeness (QED) is 0.654. The number of benzene rings is 1. The van der Waals surface area contributed by atoms with Crippen molar-refractivity contribution in [1.29, 1.82) is 0 Å². The molecule has 17 heavy (non-hydrogen) atoms. The highest BCUT2D eigenvalue weighted by molar-refractivity contribution is 9.11. The van der Waals surface area contributed by atoms with Crippen LogP contribution in [0.15, 0.2) is 45.9 Å². The van der Waals surface area contributed by atoms with Gasteiger partial charge in [-0.25, -0.2) is 15.4 Å². The van der Waals surface area contributed by atoms with Gasteiger partial charge in [-0.3, -0.25) is 5.84 Å². The minimum atomic E-state index is -0.140. The third-order valence-corrected chi connectivity index (χ3v) is 3.53. The van der Waals surface area contributed by atoms with Crippen molar-refractivity contribution in [2.45, 2.75) is 6.04 Å². The molecular formula is C11H10Br2N4. The van der Waals surface area contributed by atoms with E-state index in [-0.39, 0.29) is 6.04 Å². The number of nitrogens with two attached hydrogens (primary N) is 1. The molecule has 3 N–H and O–H groups in total. The van der Waals surface area contributed by atoms with Crippen LogP contribution in [-0.2, 0) is 0 Å². The van der Waals surface area contributed by atoms with Gasteiger partial charge in [0.1, 0.15) is 6.33 Å². The lowest BCUT2D eigenvalue weighted by atomic mass is 10.0. The summed E-state index contributed by atoms with van der Waals surface area (Å²) in [5, 5.41) is 0. The average Bonchev–Trinajstić information content (AvgIpc) is 2.34. The molecule has 1 aromatic carbocycles. The van der Waals surface area contributed by atoms with Crippen molar-refractivity contribution in [2.24, 2.45) is 5.84 Å². The number of hydrogen-bond acceptors (Lipinski definition) is 4. The summed E-state index contributed by atoms with van der Waals surface area (Å²) in [4.78, 5) is 7.99. The molecule has 0 spiro atoms. The predicted molar refractivity (Wildman–Crippen MR) is 73.0 cm³/mol. The van der Waals surface area contributed by atoms with E-state index >= 15 is 0 Å². The number of hydrazine groups is 1. The van der Waals surface area contributed by atoms with Crippen molar-refractivity contribution in [1.82, 2.24) is 15.4 Å². The molecule has 88 valence electrons. The summed E-state index contributed by atoms with van der Waals surface area (Å²) >= 11 is 6.94. The molecular weight excluding hydrogens is 348 g/mol. The molecule has 0 aliphatic rings. The van der Waals surface area contributed by atoms with E-state index in [0.717, 1.165) is 20.1 Å². The molecule has 1 aromatic heterocycles. The van der Waals surface area contributed by atoms with Gasteiger partial charge < -0.3 is 0 Å². The Morgan fingerprint density at radius 1 is 1.18 bits per heavy atom. The van der Waals surface area contributed by atoms with E-state index in [9.17, 15) is 0 Å². The molecule has 1 unspecified atom stereocenters. The lowest BCUT2D eigenvalue weighted by Gasteiger charge is -2.17. The van der Waals surface area contributed by atoms with Crippen LogP contribution in [0.3, 0.4) is 0 Å². The highest BCUT2D eigenvalue weighted by atomic mass is 79.9. The van der Waals surface area contributed by atoms with Gasteiger partial charge in [-0.2, -0.15) is 0 Å². The molecule has 0 aliphatic carbocycles. The summed E-state index contributed by atoms with van der Waals surface area (Å²) in [6.07, 6.45) is 4.98. The Balaban J connectivity index is 2.42. The predicted octanol–water partition coefficient (Wildman–Crippen LogP) is 2.55. The van der Waals surface area contributed by atoms with E-state index < -0.39 is 0 Å². The maximum atomic E-state index is 5.61. The Kier molecular flexibility index (Phi) is 4.22. The van der Waals surface area contributed by atoms with Gasteiger partial charge in [0.25, 0.3) is 0 Å². The number of aromatic nitrogens is 2. The molecule has 1 heterocycles. The lowest BCUT2D eigenvalue weighted by Crippen LogP contribution is -2.29. The second-order valence-corrected chi connectivity index (χ2v) is 5.21. The Morgan fingerprint density at radius 2 is 1.88 bits per heavy atom. The molecule has 0 radical (unpaired) electrons. The number of hydrogen-bond donors (Lipinski definition) is 2. The van der Waals surface area contributed by atoms with E-state index in [2.05, 4.69) is 47.3 Å². The first-order valence-electron chi connectivity index (χ1n) is 4.88. The first-order valence-corrected chi connectivity index (χ1v) is 6.47. The van der Waals surface area contributed by atoms with Gasteiger partial charge >= 0.3 is 0 Å². The van der Waals surface area contributed by atoms with Crippen LogP contribution >= 0.6 is 31.9 Å². The third kappa shape index (κ3) is 2.90. The topological polar surface area (TPSA) is 63.8 Å². The van der Waals surface area contributed by atoms with Crippen molar-refractivity contribution in [3.8, 4) is 0 Å². The molecule has 0 amide bonds. The number of nitrogens with zero attached hydrogens (tertiary/aromatic N) is 2. The summed E-state index contributed by atoms with van der Waals surface area (Å²) in [5.41, 5.74) is 4.72. The Labute approximate surface area is 116 Å². The molecule has 0 fully saturated rings. The SMILES string of the molecule is NNC(c1cncnc1)c1ccc(Br)cc1Br. The fourth-order valence-corrected chi connectivity index (χ4v) is 2.84. The van der Waals surface area contributed by atoms with Crippen LogP contribution in [-0.4, -0.2) is 9.97 Å². The maximum absolute atomic E-state index is 5.61. The minimum Gasteiger partial charge on any atom is -0.271 e. The third-order valence-electron chi connectivity index (χ3n) is 2.35. The fourth-order valence-electron chi connectivity index (χ4n) is 1.56. The summed E-state index contributed by atoms with van der Waals surface area (Å²) in [6.45, 7) is 0. The molecule has 0 saturated carbocycles. The largest absolute Gasteiger partial charge is 0.271 e. The molecule has 4 nitrogen and oxygen atoms in total. The van der Waals surface area contributed by atoms with Crippen LogP contribution in [0.1, 0.15) is 17.2 Å². The summed E-state index contributed by atoms with van der Waals surface area (Å²) < 4.78 is 1.98. The zero-order valence-electron chi connectivity index (χ0n) is 8.77. The highest BCUT2D eigenvalue weighted by Gasteiger charge is 2.15. The second kappa shape index (κ2) is 5.68. The second-order valence-electron chi connectivity index (χ2n) is 3.44. The number of halogens is 2. The normalized spacial score (nSPS) is 12.4. The number of rotatable bonds is 3. The number of nitrogens with one attached hydrogen (secondary N) is 1. The van der Waals surface area contributed by atoms with E-state index in [4.69, 9.17) is 5.84 Å². The van der Waals surface area contributed by atoms with Crippen LogP contribution in [0.25, 0.3) is 0 Å². The van der Waals surface area contributed by atoms with E-state index in [1.807, 2.05) is 18.2 Å². The van der Waals surface area contributed by atoms with Crippen molar-refractivity contribution in [2.75, 3.05) is 0 Å². The van der Waals surface area contributed by atoms with Crippen LogP contribution < -0.4 is 11.3 Å². The van der Waals surface area contributed by atoms with Gasteiger partial charge in [0.15, 0.2) is 0 Å². The van der Waals surface area contributed by atoms with E-state index in [1.165, 1.54) is 6.33 Å². The van der Waals surface area contributed by atoms with Crippen LogP contribution in [0, 0.1) is 0 Å². The van der Waals surface area contributed by atoms with Gasteiger partial charge in [0.05, 0.1) is 6.04 Å². The first-order chi connectivity index (χ1) is 8.22. The van der Waals surface area contributed by atoms with Crippen LogP contribution in [0.5, 0.6) is 0 Å². The zero-order chi connectivity index (χ0) is 12.3. The smallest absolute Gasteiger partial charge is 0.115 e. The molecule has 0 bridgehead atoms. The summed E-state index contributed by atoms with van der Waals surface area (Å²) in [6, 6.07) is 5.79. The van der Waals surface area contributed by atoms with Gasteiger partial charge in [0.2, 0.25) is 0 Å². The molecule has 6 heteroatoms. The highest BCUT2D eigenvalue weighted by Crippen LogP contribution is 2.29. The van der Waals surface area contributed by atoms with E-state index in [0.29, 0.717) is 0 Å². The summed E-state index contributed by atoms with van der Waals surface area (Å²) in [5.74, 6) is 5.61. The van der Waals surface area contributed by atoms with Crippen molar-refractivity contribution in [3.63, 3.8) is 0 Å². The van der Waals surface area contributed by atoms with Crippen molar-refractivity contribution >= 4 is 31.9 Å². The summed E-state index contributed by atoms with van der Waals surface area (Å²) in [7, 11) is 0.